The van der Waals surface area contributed by atoms with Crippen LogP contribution in [0.2, 0.25) is 0 Å². The summed E-state index contributed by atoms with van der Waals surface area (Å²) in [6.45, 7) is 2.11. The fourth-order valence-corrected chi connectivity index (χ4v) is 2.34. The summed E-state index contributed by atoms with van der Waals surface area (Å²) in [4.78, 5) is 19.3. The Labute approximate surface area is 128 Å². The first-order valence-corrected chi connectivity index (χ1v) is 7.22. The minimum atomic E-state index is -0.179. The van der Waals surface area contributed by atoms with E-state index in [-0.39, 0.29) is 5.56 Å². The zero-order chi connectivity index (χ0) is 15.5. The van der Waals surface area contributed by atoms with Crippen LogP contribution >= 0.6 is 0 Å². The summed E-state index contributed by atoms with van der Waals surface area (Å²) in [5, 5.41) is 0. The van der Waals surface area contributed by atoms with Crippen LogP contribution in [0.25, 0.3) is 22.6 Å². The number of aromatic amines is 1. The van der Waals surface area contributed by atoms with Gasteiger partial charge in [0, 0.05) is 22.9 Å². The number of H-pyrrole nitrogens is 1. The van der Waals surface area contributed by atoms with Gasteiger partial charge in [-0.25, -0.2) is 4.98 Å². The molecule has 0 aliphatic heterocycles. The highest BCUT2D eigenvalue weighted by Crippen LogP contribution is 2.21. The third kappa shape index (κ3) is 2.91. The third-order valence-corrected chi connectivity index (χ3v) is 3.56. The lowest BCUT2D eigenvalue weighted by atomic mass is 10.1. The zero-order valence-electron chi connectivity index (χ0n) is 12.3. The first kappa shape index (κ1) is 14.1. The monoisotopic (exact) mass is 291 g/mol. The number of anilines is 1. The highest BCUT2D eigenvalue weighted by atomic mass is 16.1. The molecule has 0 aliphatic rings. The van der Waals surface area contributed by atoms with Crippen molar-refractivity contribution in [3.05, 3.63) is 70.5 Å². The van der Waals surface area contributed by atoms with Gasteiger partial charge in [0.25, 0.3) is 5.56 Å². The van der Waals surface area contributed by atoms with Crippen LogP contribution in [0, 0.1) is 0 Å². The van der Waals surface area contributed by atoms with Crippen molar-refractivity contribution in [2.45, 2.75) is 13.3 Å². The van der Waals surface area contributed by atoms with Crippen LogP contribution in [-0.2, 0) is 6.42 Å². The van der Waals surface area contributed by atoms with Crippen LogP contribution < -0.4 is 11.3 Å². The van der Waals surface area contributed by atoms with E-state index in [1.807, 2.05) is 42.5 Å². The largest absolute Gasteiger partial charge is 0.399 e. The molecule has 0 atom stereocenters. The van der Waals surface area contributed by atoms with Crippen molar-refractivity contribution in [1.82, 2.24) is 9.97 Å². The normalized spacial score (nSPS) is 10.6. The molecule has 0 radical (unpaired) electrons. The van der Waals surface area contributed by atoms with Crippen molar-refractivity contribution in [3.8, 4) is 22.6 Å². The van der Waals surface area contributed by atoms with E-state index in [2.05, 4.69) is 16.9 Å². The number of hydrogen-bond donors (Lipinski definition) is 2. The summed E-state index contributed by atoms with van der Waals surface area (Å²) >= 11 is 0. The maximum atomic E-state index is 11.9. The number of aryl methyl sites for hydroxylation is 1. The molecule has 0 amide bonds. The Morgan fingerprint density at radius 2 is 1.82 bits per heavy atom. The number of hydrogen-bond acceptors (Lipinski definition) is 3. The van der Waals surface area contributed by atoms with E-state index in [9.17, 15) is 4.79 Å². The molecule has 0 unspecified atom stereocenters. The van der Waals surface area contributed by atoms with Crippen LogP contribution in [0.1, 0.15) is 12.5 Å². The number of nitrogen functional groups attached to an aromatic ring is 1. The summed E-state index contributed by atoms with van der Waals surface area (Å²) in [6, 6.07) is 16.9. The van der Waals surface area contributed by atoms with Crippen LogP contribution in [-0.4, -0.2) is 9.97 Å². The molecular weight excluding hydrogens is 274 g/mol. The fourth-order valence-electron chi connectivity index (χ4n) is 2.34. The number of rotatable bonds is 3. The highest BCUT2D eigenvalue weighted by Gasteiger charge is 2.06. The average molecular weight is 291 g/mol. The van der Waals surface area contributed by atoms with E-state index in [0.29, 0.717) is 17.2 Å². The Bertz CT molecular complexity index is 851. The SMILES string of the molecule is CCc1ccc(-c2nc(-c3cccc(N)c3)cc(=O)[nH]2)cc1. The lowest BCUT2D eigenvalue weighted by Crippen LogP contribution is -2.08. The van der Waals surface area contributed by atoms with E-state index in [4.69, 9.17) is 5.73 Å². The summed E-state index contributed by atoms with van der Waals surface area (Å²) in [7, 11) is 0. The minimum Gasteiger partial charge on any atom is -0.399 e. The predicted octanol–water partition coefficient (Wildman–Crippen LogP) is 3.25. The van der Waals surface area contributed by atoms with E-state index in [1.165, 1.54) is 11.6 Å². The Hall–Kier alpha value is -2.88. The van der Waals surface area contributed by atoms with Crippen molar-refractivity contribution in [2.24, 2.45) is 0 Å². The first-order chi connectivity index (χ1) is 10.7. The van der Waals surface area contributed by atoms with Gasteiger partial charge in [-0.3, -0.25) is 4.79 Å². The summed E-state index contributed by atoms with van der Waals surface area (Å²) < 4.78 is 0. The molecule has 0 fully saturated rings. The molecule has 2 aromatic carbocycles. The van der Waals surface area contributed by atoms with Crippen LogP contribution in [0.15, 0.2) is 59.4 Å². The number of benzene rings is 2. The molecule has 3 rings (SSSR count). The van der Waals surface area contributed by atoms with E-state index >= 15 is 0 Å². The van der Waals surface area contributed by atoms with Crippen molar-refractivity contribution >= 4 is 5.69 Å². The Balaban J connectivity index is 2.08. The number of nitrogens with zero attached hydrogens (tertiary/aromatic N) is 1. The van der Waals surface area contributed by atoms with Crippen LogP contribution in [0.4, 0.5) is 5.69 Å². The van der Waals surface area contributed by atoms with Gasteiger partial charge >= 0.3 is 0 Å². The smallest absolute Gasteiger partial charge is 0.251 e. The molecule has 1 heterocycles. The van der Waals surface area contributed by atoms with Crippen molar-refractivity contribution in [2.75, 3.05) is 5.73 Å². The topological polar surface area (TPSA) is 71.8 Å². The predicted molar refractivity (Wildman–Crippen MR) is 89.5 cm³/mol. The molecule has 0 saturated carbocycles. The molecule has 3 N–H and O–H groups in total. The van der Waals surface area contributed by atoms with Crippen molar-refractivity contribution < 1.29 is 0 Å². The molecule has 1 aromatic heterocycles. The maximum absolute atomic E-state index is 11.9. The molecular formula is C18H17N3O. The quantitative estimate of drug-likeness (QED) is 0.728. The maximum Gasteiger partial charge on any atom is 0.251 e. The van der Waals surface area contributed by atoms with Crippen molar-refractivity contribution in [3.63, 3.8) is 0 Å². The standard InChI is InChI=1S/C18H17N3O/c1-2-12-6-8-13(9-7-12)18-20-16(11-17(22)21-18)14-4-3-5-15(19)10-14/h3-11H,2,19H2,1H3,(H,20,21,22). The summed E-state index contributed by atoms with van der Waals surface area (Å²) in [5.74, 6) is 0.563. The van der Waals surface area contributed by atoms with Crippen molar-refractivity contribution in [1.29, 1.82) is 0 Å². The zero-order valence-corrected chi connectivity index (χ0v) is 12.3. The third-order valence-electron chi connectivity index (χ3n) is 3.56. The second kappa shape index (κ2) is 5.85. The molecule has 4 heteroatoms. The molecule has 0 bridgehead atoms. The molecule has 110 valence electrons. The molecule has 0 aliphatic carbocycles. The van der Waals surface area contributed by atoms with Gasteiger partial charge in [-0.15, -0.1) is 0 Å². The second-order valence-electron chi connectivity index (χ2n) is 5.16. The van der Waals surface area contributed by atoms with Gasteiger partial charge in [-0.05, 0) is 24.1 Å². The first-order valence-electron chi connectivity index (χ1n) is 7.22. The lowest BCUT2D eigenvalue weighted by Gasteiger charge is -2.06. The number of aromatic nitrogens is 2. The van der Waals surface area contributed by atoms with Crippen LogP contribution in [0.3, 0.4) is 0 Å². The average Bonchev–Trinajstić information content (AvgIpc) is 2.54. The van der Waals surface area contributed by atoms with E-state index in [1.54, 1.807) is 6.07 Å². The second-order valence-corrected chi connectivity index (χ2v) is 5.16. The Morgan fingerprint density at radius 3 is 2.50 bits per heavy atom. The van der Waals surface area contributed by atoms with Crippen LogP contribution in [0.5, 0.6) is 0 Å². The highest BCUT2D eigenvalue weighted by molar-refractivity contribution is 5.66. The van der Waals surface area contributed by atoms with Gasteiger partial charge in [0.15, 0.2) is 0 Å². The minimum absolute atomic E-state index is 0.179. The van der Waals surface area contributed by atoms with Gasteiger partial charge in [-0.2, -0.15) is 0 Å². The van der Waals surface area contributed by atoms with E-state index < -0.39 is 0 Å². The Morgan fingerprint density at radius 1 is 1.05 bits per heavy atom. The van der Waals surface area contributed by atoms with Gasteiger partial charge in [-0.1, -0.05) is 43.3 Å². The number of nitrogens with two attached hydrogens (primary N) is 1. The van der Waals surface area contributed by atoms with E-state index in [0.717, 1.165) is 17.5 Å². The molecule has 22 heavy (non-hydrogen) atoms. The molecule has 4 nitrogen and oxygen atoms in total. The summed E-state index contributed by atoms with van der Waals surface area (Å²) in [5.41, 5.74) is 9.85. The van der Waals surface area contributed by atoms with Gasteiger partial charge in [0.2, 0.25) is 0 Å². The fraction of sp³-hybridized carbons (Fsp3) is 0.111. The van der Waals surface area contributed by atoms with Gasteiger partial charge in [0.05, 0.1) is 5.69 Å². The lowest BCUT2D eigenvalue weighted by molar-refractivity contribution is 1.12. The summed E-state index contributed by atoms with van der Waals surface area (Å²) in [6.07, 6.45) is 0.980. The number of nitrogens with one attached hydrogen (secondary N) is 1. The van der Waals surface area contributed by atoms with Gasteiger partial charge in [0.1, 0.15) is 5.82 Å². The van der Waals surface area contributed by atoms with Gasteiger partial charge < -0.3 is 10.7 Å². The Kier molecular flexibility index (Phi) is 3.74. The molecule has 3 aromatic rings. The molecule has 0 saturated heterocycles. The molecule has 0 spiro atoms.